The van der Waals surface area contributed by atoms with Crippen LogP contribution in [0.5, 0.6) is 11.5 Å². The third-order valence-electron chi connectivity index (χ3n) is 5.09. The van der Waals surface area contributed by atoms with Crippen molar-refractivity contribution in [3.63, 3.8) is 0 Å². The van der Waals surface area contributed by atoms with Crippen LogP contribution in [0.15, 0.2) is 52.3 Å². The number of hydrogen-bond acceptors (Lipinski definition) is 7. The van der Waals surface area contributed by atoms with E-state index in [1.165, 1.54) is 31.4 Å². The summed E-state index contributed by atoms with van der Waals surface area (Å²) in [5.74, 6) is -0.699. The lowest BCUT2D eigenvalue weighted by molar-refractivity contribution is -0.130. The minimum Gasteiger partial charge on any atom is -0.503 e. The molecule has 1 atom stereocenters. The third kappa shape index (κ3) is 4.59. The number of aliphatic hydroxyl groups excluding tert-OH is 1. The average molecular weight is 429 g/mol. The van der Waals surface area contributed by atoms with E-state index in [0.29, 0.717) is 23.7 Å². The lowest BCUT2D eigenvalue weighted by atomic mass is 9.94. The molecule has 0 aliphatic carbocycles. The molecule has 1 aliphatic rings. The topological polar surface area (TPSA) is 98.4 Å². The van der Waals surface area contributed by atoms with Gasteiger partial charge in [-0.1, -0.05) is 19.4 Å². The Hall–Kier alpha value is -3.26. The predicted octanol–water partition coefficient (Wildman–Crippen LogP) is 3.69. The van der Waals surface area contributed by atoms with Crippen molar-refractivity contribution in [3.8, 4) is 11.5 Å². The molecule has 3 rings (SSSR count). The number of ketones is 1. The van der Waals surface area contributed by atoms with Gasteiger partial charge in [-0.05, 0) is 36.2 Å². The molecule has 2 aromatic rings. The zero-order valence-corrected chi connectivity index (χ0v) is 17.9. The van der Waals surface area contributed by atoms with Crippen LogP contribution in [0, 0.1) is 0 Å². The number of hydrogen-bond donors (Lipinski definition) is 1. The Morgan fingerprint density at radius 2 is 2.00 bits per heavy atom. The number of nitrogens with zero attached hydrogens (tertiary/aromatic N) is 1. The molecule has 2 heterocycles. The molecule has 1 aromatic heterocycles. The highest BCUT2D eigenvalue weighted by Gasteiger charge is 2.44. The van der Waals surface area contributed by atoms with Crippen molar-refractivity contribution in [2.45, 2.75) is 25.8 Å². The number of benzene rings is 1. The predicted molar refractivity (Wildman–Crippen MR) is 112 cm³/mol. The molecule has 8 heteroatoms. The molecular formula is C23H27NO7. The van der Waals surface area contributed by atoms with Gasteiger partial charge in [0.15, 0.2) is 23.0 Å². The zero-order valence-electron chi connectivity index (χ0n) is 17.9. The summed E-state index contributed by atoms with van der Waals surface area (Å²) in [7, 11) is 3.04. The Kier molecular flexibility index (Phi) is 7.36. The molecule has 0 spiro atoms. The first kappa shape index (κ1) is 22.4. The van der Waals surface area contributed by atoms with Crippen LogP contribution in [-0.2, 0) is 9.53 Å². The van der Waals surface area contributed by atoms with Gasteiger partial charge in [0, 0.05) is 13.7 Å². The SMILES string of the molecule is CCCCOc1ccc(C2C(C(=O)c3ccco3)=C(O)C(=O)N2CCOC)cc1OC. The van der Waals surface area contributed by atoms with Crippen LogP contribution in [0.3, 0.4) is 0 Å². The average Bonchev–Trinajstić information content (AvgIpc) is 3.40. The van der Waals surface area contributed by atoms with Crippen LogP contribution in [0.4, 0.5) is 0 Å². The Morgan fingerprint density at radius 1 is 1.19 bits per heavy atom. The van der Waals surface area contributed by atoms with E-state index in [1.807, 2.05) is 0 Å². The fourth-order valence-corrected chi connectivity index (χ4v) is 3.49. The number of aliphatic hydroxyl groups is 1. The third-order valence-corrected chi connectivity index (χ3v) is 5.09. The van der Waals surface area contributed by atoms with Crippen LogP contribution in [0.2, 0.25) is 0 Å². The minimum atomic E-state index is -0.821. The van der Waals surface area contributed by atoms with Gasteiger partial charge in [-0.15, -0.1) is 0 Å². The first-order valence-electron chi connectivity index (χ1n) is 10.1. The molecule has 1 amide bonds. The smallest absolute Gasteiger partial charge is 0.290 e. The van der Waals surface area contributed by atoms with E-state index in [9.17, 15) is 14.7 Å². The number of ether oxygens (including phenoxy) is 3. The molecule has 1 N–H and O–H groups in total. The van der Waals surface area contributed by atoms with Gasteiger partial charge in [0.05, 0.1) is 38.2 Å². The summed E-state index contributed by atoms with van der Waals surface area (Å²) in [6.45, 7) is 3.06. The van der Waals surface area contributed by atoms with Gasteiger partial charge in [0.2, 0.25) is 5.78 Å². The number of Topliss-reactive ketones (excluding diaryl/α,β-unsaturated/α-hetero) is 1. The summed E-state index contributed by atoms with van der Waals surface area (Å²) in [5.41, 5.74) is 0.556. The van der Waals surface area contributed by atoms with Crippen LogP contribution in [0.1, 0.15) is 41.9 Å². The molecule has 0 bridgehead atoms. The summed E-state index contributed by atoms with van der Waals surface area (Å²) in [6, 6.07) is 7.46. The van der Waals surface area contributed by atoms with E-state index >= 15 is 0 Å². The maximum absolute atomic E-state index is 13.1. The van der Waals surface area contributed by atoms with Gasteiger partial charge >= 0.3 is 0 Å². The molecule has 0 fully saturated rings. The molecule has 1 aromatic carbocycles. The van der Waals surface area contributed by atoms with Crippen molar-refractivity contribution >= 4 is 11.7 Å². The molecule has 0 radical (unpaired) electrons. The van der Waals surface area contributed by atoms with Crippen LogP contribution in [0.25, 0.3) is 0 Å². The van der Waals surface area contributed by atoms with Gasteiger partial charge in [0.25, 0.3) is 5.91 Å². The van der Waals surface area contributed by atoms with E-state index in [0.717, 1.165) is 12.8 Å². The number of amides is 1. The summed E-state index contributed by atoms with van der Waals surface area (Å²) in [4.78, 5) is 27.3. The maximum atomic E-state index is 13.1. The van der Waals surface area contributed by atoms with Gasteiger partial charge in [-0.3, -0.25) is 9.59 Å². The second-order valence-electron chi connectivity index (χ2n) is 7.07. The van der Waals surface area contributed by atoms with E-state index in [2.05, 4.69) is 6.92 Å². The van der Waals surface area contributed by atoms with Crippen molar-refractivity contribution in [3.05, 3.63) is 59.3 Å². The number of carbonyl (C=O) groups excluding carboxylic acids is 2. The van der Waals surface area contributed by atoms with Crippen molar-refractivity contribution in [1.29, 1.82) is 0 Å². The van der Waals surface area contributed by atoms with Gasteiger partial charge in [0.1, 0.15) is 0 Å². The second-order valence-corrected chi connectivity index (χ2v) is 7.07. The van der Waals surface area contributed by atoms with E-state index < -0.39 is 23.5 Å². The summed E-state index contributed by atoms with van der Waals surface area (Å²) >= 11 is 0. The molecule has 1 aliphatic heterocycles. The summed E-state index contributed by atoms with van der Waals surface area (Å²) in [5, 5.41) is 10.6. The van der Waals surface area contributed by atoms with Crippen LogP contribution in [-0.4, -0.2) is 55.7 Å². The Morgan fingerprint density at radius 3 is 2.65 bits per heavy atom. The highest BCUT2D eigenvalue weighted by molar-refractivity contribution is 6.15. The van der Waals surface area contributed by atoms with Gasteiger partial charge < -0.3 is 28.6 Å². The molecule has 8 nitrogen and oxygen atoms in total. The molecule has 31 heavy (non-hydrogen) atoms. The second kappa shape index (κ2) is 10.2. The fraction of sp³-hybridized carbons (Fsp3) is 0.391. The standard InChI is InChI=1S/C23H27NO7/c1-4-5-11-30-16-9-8-15(14-18(16)29-3)20-19(21(25)17-7-6-12-31-17)22(26)23(27)24(20)10-13-28-2/h6-9,12,14,20,26H,4-5,10-11,13H2,1-3H3. The van der Waals surface area contributed by atoms with E-state index in [1.54, 1.807) is 24.3 Å². The number of unbranched alkanes of at least 4 members (excludes halogenated alkanes) is 1. The lowest BCUT2D eigenvalue weighted by Gasteiger charge is -2.27. The van der Waals surface area contributed by atoms with Gasteiger partial charge in [-0.2, -0.15) is 0 Å². The molecule has 1 unspecified atom stereocenters. The highest BCUT2D eigenvalue weighted by atomic mass is 16.5. The molecule has 0 saturated carbocycles. The van der Waals surface area contributed by atoms with Crippen molar-refractivity contribution in [2.24, 2.45) is 0 Å². The summed E-state index contributed by atoms with van der Waals surface area (Å²) < 4.78 is 21.6. The number of rotatable bonds is 11. The summed E-state index contributed by atoms with van der Waals surface area (Å²) in [6.07, 6.45) is 3.28. The first-order valence-corrected chi connectivity index (χ1v) is 10.1. The monoisotopic (exact) mass is 429 g/mol. The van der Waals surface area contributed by atoms with E-state index in [4.69, 9.17) is 18.6 Å². The minimum absolute atomic E-state index is 0.0411. The molecule has 0 saturated heterocycles. The normalized spacial score (nSPS) is 16.2. The fourth-order valence-electron chi connectivity index (χ4n) is 3.49. The zero-order chi connectivity index (χ0) is 22.4. The number of carbonyl (C=O) groups is 2. The Balaban J connectivity index is 2.02. The van der Waals surface area contributed by atoms with Crippen molar-refractivity contribution < 1.29 is 33.3 Å². The van der Waals surface area contributed by atoms with Gasteiger partial charge in [-0.25, -0.2) is 0 Å². The Bertz CT molecular complexity index is 949. The molecular weight excluding hydrogens is 402 g/mol. The lowest BCUT2D eigenvalue weighted by Crippen LogP contribution is -2.34. The maximum Gasteiger partial charge on any atom is 0.290 e. The van der Waals surface area contributed by atoms with Crippen LogP contribution >= 0.6 is 0 Å². The van der Waals surface area contributed by atoms with E-state index in [-0.39, 0.29) is 24.5 Å². The number of methoxy groups -OCH3 is 2. The Labute approximate surface area is 181 Å². The number of furan rings is 1. The largest absolute Gasteiger partial charge is 0.503 e. The van der Waals surface area contributed by atoms with Crippen molar-refractivity contribution in [2.75, 3.05) is 34.0 Å². The van der Waals surface area contributed by atoms with Crippen LogP contribution < -0.4 is 9.47 Å². The quantitative estimate of drug-likeness (QED) is 0.430. The molecule has 166 valence electrons. The first-order chi connectivity index (χ1) is 15.0. The highest BCUT2D eigenvalue weighted by Crippen LogP contribution is 2.41. The van der Waals surface area contributed by atoms with Crippen molar-refractivity contribution in [1.82, 2.24) is 4.90 Å².